The van der Waals surface area contributed by atoms with Gasteiger partial charge in [0.15, 0.2) is 0 Å². The predicted octanol–water partition coefficient (Wildman–Crippen LogP) is 1.84. The summed E-state index contributed by atoms with van der Waals surface area (Å²) in [6.07, 6.45) is 3.89. The van der Waals surface area contributed by atoms with Crippen LogP contribution < -0.4 is 5.32 Å². The maximum atomic E-state index is 5.51. The summed E-state index contributed by atoms with van der Waals surface area (Å²) in [4.78, 5) is 10.1. The Balaban J connectivity index is 0.000000217. The first-order valence-electron chi connectivity index (χ1n) is 12.8. The van der Waals surface area contributed by atoms with Crippen LogP contribution in [0.2, 0.25) is 0 Å². The van der Waals surface area contributed by atoms with E-state index in [0.29, 0.717) is 6.61 Å². The van der Waals surface area contributed by atoms with Gasteiger partial charge in [-0.1, -0.05) is 25.9 Å². The van der Waals surface area contributed by atoms with Crippen LogP contribution >= 0.6 is 0 Å². The highest BCUT2D eigenvalue weighted by Gasteiger charge is 2.31. The maximum absolute atomic E-state index is 5.51. The molecule has 0 aromatic carbocycles. The number of unbranched alkanes of at least 4 members (excludes halogenated alkanes) is 1. The number of aromatic nitrogens is 1. The van der Waals surface area contributed by atoms with Crippen LogP contribution in [0.4, 0.5) is 0 Å². The molecule has 1 N–H and O–H groups in total. The molecule has 0 radical (unpaired) electrons. The Hall–Kier alpha value is -1.03. The van der Waals surface area contributed by atoms with E-state index in [4.69, 9.17) is 9.26 Å². The van der Waals surface area contributed by atoms with Crippen LogP contribution in [-0.4, -0.2) is 123 Å². The van der Waals surface area contributed by atoms with Gasteiger partial charge in [0, 0.05) is 84.2 Å². The smallest absolute Gasteiger partial charge is 0.124 e. The SMILES string of the molecule is CC.CCN1CC(N2CCN(C)CC2)C1.c1cc(COCCCCN2CCNCC2)no1. The summed E-state index contributed by atoms with van der Waals surface area (Å²) in [6, 6.07) is 2.70. The second-order valence-corrected chi connectivity index (χ2v) is 8.69. The highest BCUT2D eigenvalue weighted by molar-refractivity contribution is 4.92. The lowest BCUT2D eigenvalue weighted by Gasteiger charge is -2.47. The molecule has 0 spiro atoms. The van der Waals surface area contributed by atoms with Gasteiger partial charge < -0.3 is 29.3 Å². The molecule has 8 heteroatoms. The third-order valence-corrected chi connectivity index (χ3v) is 6.40. The molecule has 0 unspecified atom stereocenters. The highest BCUT2D eigenvalue weighted by atomic mass is 16.5. The van der Waals surface area contributed by atoms with Crippen molar-refractivity contribution in [2.45, 2.75) is 46.3 Å². The van der Waals surface area contributed by atoms with Gasteiger partial charge in [0.05, 0.1) is 6.61 Å². The summed E-state index contributed by atoms with van der Waals surface area (Å²) in [5, 5.41) is 7.15. The van der Waals surface area contributed by atoms with E-state index in [2.05, 4.69) is 44.0 Å². The first-order chi connectivity index (χ1) is 15.7. The molecule has 0 atom stereocenters. The maximum Gasteiger partial charge on any atom is 0.124 e. The second-order valence-electron chi connectivity index (χ2n) is 8.69. The number of likely N-dealkylation sites (tertiary alicyclic amines) is 1. The molecule has 3 aliphatic rings. The normalized spacial score (nSPS) is 21.2. The van der Waals surface area contributed by atoms with Crippen molar-refractivity contribution in [3.63, 3.8) is 0 Å². The van der Waals surface area contributed by atoms with Crippen molar-refractivity contribution in [3.8, 4) is 0 Å². The molecule has 0 aliphatic carbocycles. The number of hydrogen-bond acceptors (Lipinski definition) is 8. The van der Waals surface area contributed by atoms with E-state index in [1.807, 2.05) is 19.9 Å². The van der Waals surface area contributed by atoms with Crippen LogP contribution in [0.3, 0.4) is 0 Å². The summed E-state index contributed by atoms with van der Waals surface area (Å²) in [5.41, 5.74) is 0.868. The van der Waals surface area contributed by atoms with Crippen LogP contribution in [0.25, 0.3) is 0 Å². The van der Waals surface area contributed by atoms with E-state index < -0.39 is 0 Å². The number of likely N-dealkylation sites (N-methyl/N-ethyl adjacent to an activating group) is 2. The van der Waals surface area contributed by atoms with Crippen molar-refractivity contribution in [3.05, 3.63) is 18.0 Å². The van der Waals surface area contributed by atoms with Crippen LogP contribution in [0.1, 0.15) is 39.3 Å². The summed E-state index contributed by atoms with van der Waals surface area (Å²) in [6.45, 7) is 22.3. The monoisotopic (exact) mass is 452 g/mol. The van der Waals surface area contributed by atoms with E-state index in [1.165, 1.54) is 71.9 Å². The van der Waals surface area contributed by atoms with Gasteiger partial charge in [-0.25, -0.2) is 0 Å². The summed E-state index contributed by atoms with van der Waals surface area (Å²) < 4.78 is 10.2. The van der Waals surface area contributed by atoms with Gasteiger partial charge in [-0.05, 0) is 33.0 Å². The zero-order valence-corrected chi connectivity index (χ0v) is 21.1. The summed E-state index contributed by atoms with van der Waals surface area (Å²) >= 11 is 0. The van der Waals surface area contributed by atoms with Crippen molar-refractivity contribution < 1.29 is 9.26 Å². The molecular formula is C24H48N6O2. The number of ether oxygens (including phenoxy) is 1. The van der Waals surface area contributed by atoms with E-state index in [1.54, 1.807) is 6.26 Å². The fourth-order valence-electron chi connectivity index (χ4n) is 4.18. The summed E-state index contributed by atoms with van der Waals surface area (Å²) in [7, 11) is 2.22. The third-order valence-electron chi connectivity index (χ3n) is 6.40. The van der Waals surface area contributed by atoms with Crippen LogP contribution in [-0.2, 0) is 11.3 Å². The van der Waals surface area contributed by atoms with Crippen molar-refractivity contribution in [2.24, 2.45) is 0 Å². The van der Waals surface area contributed by atoms with E-state index in [9.17, 15) is 0 Å². The molecule has 186 valence electrons. The lowest BCUT2D eigenvalue weighted by Crippen LogP contribution is -2.62. The van der Waals surface area contributed by atoms with Crippen LogP contribution in [0, 0.1) is 0 Å². The third kappa shape index (κ3) is 10.3. The molecule has 4 rings (SSSR count). The summed E-state index contributed by atoms with van der Waals surface area (Å²) in [5.74, 6) is 0. The predicted molar refractivity (Wildman–Crippen MR) is 131 cm³/mol. The first kappa shape index (κ1) is 27.2. The number of rotatable bonds is 9. The minimum Gasteiger partial charge on any atom is -0.375 e. The molecule has 3 fully saturated rings. The van der Waals surface area contributed by atoms with Crippen LogP contribution in [0.5, 0.6) is 0 Å². The second kappa shape index (κ2) is 16.6. The molecule has 0 bridgehead atoms. The Bertz CT molecular complexity index is 539. The number of piperazine rings is 2. The molecule has 3 aliphatic heterocycles. The van der Waals surface area contributed by atoms with Gasteiger partial charge in [0.2, 0.25) is 0 Å². The Labute approximate surface area is 196 Å². The van der Waals surface area contributed by atoms with Gasteiger partial charge in [0.1, 0.15) is 12.0 Å². The molecule has 4 heterocycles. The van der Waals surface area contributed by atoms with Gasteiger partial charge in [-0.15, -0.1) is 0 Å². The average molecular weight is 453 g/mol. The van der Waals surface area contributed by atoms with Crippen molar-refractivity contribution in [1.29, 1.82) is 0 Å². The minimum absolute atomic E-state index is 0.560. The molecule has 1 aromatic rings. The van der Waals surface area contributed by atoms with Crippen LogP contribution in [0.15, 0.2) is 16.9 Å². The molecule has 1 aromatic heterocycles. The first-order valence-corrected chi connectivity index (χ1v) is 12.8. The van der Waals surface area contributed by atoms with E-state index >= 15 is 0 Å². The van der Waals surface area contributed by atoms with E-state index in [0.717, 1.165) is 37.9 Å². The molecule has 0 saturated carbocycles. The Kier molecular flexibility index (Phi) is 14.1. The average Bonchev–Trinajstić information content (AvgIpc) is 3.33. The number of hydrogen-bond donors (Lipinski definition) is 1. The standard InChI is InChI=1S/C12H21N3O2.C10H21N3.C2H6/c1(6-15-7-4-13-5-8-15)2-9-16-11-12-3-10-17-14-12;1-3-12-8-10(9-12)13-6-4-11(2)5-7-13;1-2/h3,10,13H,1-2,4-9,11H2;10H,3-9H2,1-2H3;1-2H3. The Morgan fingerprint density at radius 3 is 2.38 bits per heavy atom. The van der Waals surface area contributed by atoms with Gasteiger partial charge in [-0.3, -0.25) is 4.90 Å². The fraction of sp³-hybridized carbons (Fsp3) is 0.875. The highest BCUT2D eigenvalue weighted by Crippen LogP contribution is 2.15. The molecule has 32 heavy (non-hydrogen) atoms. The lowest BCUT2D eigenvalue weighted by atomic mass is 10.1. The largest absolute Gasteiger partial charge is 0.375 e. The van der Waals surface area contributed by atoms with E-state index in [-0.39, 0.29) is 0 Å². The molecular weight excluding hydrogens is 404 g/mol. The Morgan fingerprint density at radius 1 is 1.03 bits per heavy atom. The number of nitrogens with zero attached hydrogens (tertiary/aromatic N) is 5. The Morgan fingerprint density at radius 2 is 1.75 bits per heavy atom. The number of nitrogens with one attached hydrogen (secondary N) is 1. The van der Waals surface area contributed by atoms with Gasteiger partial charge in [-0.2, -0.15) is 0 Å². The molecule has 3 saturated heterocycles. The van der Waals surface area contributed by atoms with Crippen molar-refractivity contribution >= 4 is 0 Å². The molecule has 0 amide bonds. The quantitative estimate of drug-likeness (QED) is 0.570. The fourth-order valence-corrected chi connectivity index (χ4v) is 4.18. The van der Waals surface area contributed by atoms with Gasteiger partial charge >= 0.3 is 0 Å². The zero-order chi connectivity index (χ0) is 23.0. The zero-order valence-electron chi connectivity index (χ0n) is 21.1. The van der Waals surface area contributed by atoms with Gasteiger partial charge in [0.25, 0.3) is 0 Å². The lowest BCUT2D eigenvalue weighted by molar-refractivity contribution is 0.0125. The van der Waals surface area contributed by atoms with Crippen molar-refractivity contribution in [1.82, 2.24) is 30.1 Å². The van der Waals surface area contributed by atoms with Crippen molar-refractivity contribution in [2.75, 3.05) is 92.2 Å². The minimum atomic E-state index is 0.560. The topological polar surface area (TPSA) is 60.3 Å². The molecule has 8 nitrogen and oxygen atoms in total.